The summed E-state index contributed by atoms with van der Waals surface area (Å²) in [5.41, 5.74) is 5.54. The second-order valence-electron chi connectivity index (χ2n) is 3.16. The molecule has 4 heteroatoms. The standard InChI is InChI=1S/C8H16N2O2/c1-12-4-2-3-8(11)10-5-7(9)6-10/h7H,2-6,9H2,1H3. The molecule has 0 aliphatic carbocycles. The van der Waals surface area contributed by atoms with Gasteiger partial charge in [0.05, 0.1) is 0 Å². The van der Waals surface area contributed by atoms with E-state index in [1.54, 1.807) is 12.0 Å². The number of hydrogen-bond donors (Lipinski definition) is 1. The van der Waals surface area contributed by atoms with Gasteiger partial charge in [-0.1, -0.05) is 0 Å². The zero-order valence-corrected chi connectivity index (χ0v) is 7.45. The van der Waals surface area contributed by atoms with Crippen LogP contribution in [0.5, 0.6) is 0 Å². The first kappa shape index (κ1) is 9.48. The molecule has 4 nitrogen and oxygen atoms in total. The molecule has 1 fully saturated rings. The molecule has 1 aliphatic rings. The SMILES string of the molecule is COCCCC(=O)N1CC(N)C1. The number of methoxy groups -OCH3 is 1. The molecule has 1 rings (SSSR count). The van der Waals surface area contributed by atoms with E-state index >= 15 is 0 Å². The average Bonchev–Trinajstić information content (AvgIpc) is 1.99. The summed E-state index contributed by atoms with van der Waals surface area (Å²) in [6.07, 6.45) is 1.39. The lowest BCUT2D eigenvalue weighted by Crippen LogP contribution is -2.57. The summed E-state index contributed by atoms with van der Waals surface area (Å²) in [6, 6.07) is 0.205. The zero-order valence-electron chi connectivity index (χ0n) is 7.45. The highest BCUT2D eigenvalue weighted by atomic mass is 16.5. The van der Waals surface area contributed by atoms with Crippen LogP contribution in [0.3, 0.4) is 0 Å². The van der Waals surface area contributed by atoms with E-state index in [9.17, 15) is 4.79 Å². The van der Waals surface area contributed by atoms with E-state index in [1.165, 1.54) is 0 Å². The van der Waals surface area contributed by atoms with Gasteiger partial charge in [-0.15, -0.1) is 0 Å². The normalized spacial score (nSPS) is 17.7. The van der Waals surface area contributed by atoms with Gasteiger partial charge in [-0.05, 0) is 6.42 Å². The lowest BCUT2D eigenvalue weighted by molar-refractivity contribution is -0.135. The Kier molecular flexibility index (Phi) is 3.49. The summed E-state index contributed by atoms with van der Waals surface area (Å²) in [5.74, 6) is 0.203. The minimum Gasteiger partial charge on any atom is -0.385 e. The number of rotatable bonds is 4. The Morgan fingerprint density at radius 3 is 2.83 bits per heavy atom. The van der Waals surface area contributed by atoms with Gasteiger partial charge >= 0.3 is 0 Å². The lowest BCUT2D eigenvalue weighted by Gasteiger charge is -2.36. The van der Waals surface area contributed by atoms with Crippen molar-refractivity contribution in [2.24, 2.45) is 5.73 Å². The summed E-state index contributed by atoms with van der Waals surface area (Å²) < 4.78 is 4.85. The zero-order chi connectivity index (χ0) is 8.97. The minimum absolute atomic E-state index is 0.203. The van der Waals surface area contributed by atoms with Crippen molar-refractivity contribution in [1.29, 1.82) is 0 Å². The highest BCUT2D eigenvalue weighted by Crippen LogP contribution is 2.08. The van der Waals surface area contributed by atoms with Crippen LogP contribution in [0.4, 0.5) is 0 Å². The monoisotopic (exact) mass is 172 g/mol. The molecule has 0 aromatic heterocycles. The van der Waals surface area contributed by atoms with Gasteiger partial charge in [-0.3, -0.25) is 4.79 Å². The van der Waals surface area contributed by atoms with Crippen LogP contribution in [0.15, 0.2) is 0 Å². The Morgan fingerprint density at radius 2 is 2.33 bits per heavy atom. The lowest BCUT2D eigenvalue weighted by atomic mass is 10.1. The van der Waals surface area contributed by atoms with Crippen molar-refractivity contribution in [3.8, 4) is 0 Å². The summed E-state index contributed by atoms with van der Waals surface area (Å²) in [4.78, 5) is 13.1. The van der Waals surface area contributed by atoms with Crippen LogP contribution >= 0.6 is 0 Å². The van der Waals surface area contributed by atoms with Gasteiger partial charge in [0.25, 0.3) is 0 Å². The maximum atomic E-state index is 11.3. The Labute approximate surface area is 72.7 Å². The third-order valence-electron chi connectivity index (χ3n) is 2.00. The third-order valence-corrected chi connectivity index (χ3v) is 2.00. The first-order chi connectivity index (χ1) is 5.74. The van der Waals surface area contributed by atoms with E-state index < -0.39 is 0 Å². The first-order valence-corrected chi connectivity index (χ1v) is 4.26. The molecule has 0 bridgehead atoms. The Morgan fingerprint density at radius 1 is 1.67 bits per heavy atom. The predicted octanol–water partition coefficient (Wildman–Crippen LogP) is -0.417. The summed E-state index contributed by atoms with van der Waals surface area (Å²) in [5, 5.41) is 0. The molecule has 1 saturated heterocycles. The van der Waals surface area contributed by atoms with Gasteiger partial charge in [0.1, 0.15) is 0 Å². The quantitative estimate of drug-likeness (QED) is 0.586. The fraction of sp³-hybridized carbons (Fsp3) is 0.875. The molecule has 0 spiro atoms. The van der Waals surface area contributed by atoms with Crippen LogP contribution in [-0.4, -0.2) is 43.7 Å². The smallest absolute Gasteiger partial charge is 0.222 e. The summed E-state index contributed by atoms with van der Waals surface area (Å²) in [6.45, 7) is 2.11. The second kappa shape index (κ2) is 4.42. The second-order valence-corrected chi connectivity index (χ2v) is 3.16. The van der Waals surface area contributed by atoms with Crippen molar-refractivity contribution < 1.29 is 9.53 Å². The minimum atomic E-state index is 0.203. The molecule has 0 radical (unpaired) electrons. The molecule has 1 heterocycles. The summed E-state index contributed by atoms with van der Waals surface area (Å²) in [7, 11) is 1.64. The molecule has 0 atom stereocenters. The fourth-order valence-corrected chi connectivity index (χ4v) is 1.24. The van der Waals surface area contributed by atoms with Crippen LogP contribution in [0.2, 0.25) is 0 Å². The number of nitrogens with zero attached hydrogens (tertiary/aromatic N) is 1. The topological polar surface area (TPSA) is 55.6 Å². The maximum absolute atomic E-state index is 11.3. The van der Waals surface area contributed by atoms with E-state index in [1.807, 2.05) is 0 Å². The number of likely N-dealkylation sites (tertiary alicyclic amines) is 1. The highest BCUT2D eigenvalue weighted by molar-refractivity contribution is 5.77. The van der Waals surface area contributed by atoms with Crippen molar-refractivity contribution in [2.75, 3.05) is 26.8 Å². The Balaban J connectivity index is 2.04. The molecular formula is C8H16N2O2. The van der Waals surface area contributed by atoms with Gasteiger partial charge in [0, 0.05) is 39.3 Å². The van der Waals surface area contributed by atoms with Gasteiger partial charge in [-0.25, -0.2) is 0 Å². The summed E-state index contributed by atoms with van der Waals surface area (Å²) >= 11 is 0. The number of hydrogen-bond acceptors (Lipinski definition) is 3. The number of carbonyl (C=O) groups is 1. The fourth-order valence-electron chi connectivity index (χ4n) is 1.24. The van der Waals surface area contributed by atoms with Gasteiger partial charge in [0.15, 0.2) is 0 Å². The van der Waals surface area contributed by atoms with E-state index in [2.05, 4.69) is 0 Å². The first-order valence-electron chi connectivity index (χ1n) is 4.26. The largest absolute Gasteiger partial charge is 0.385 e. The van der Waals surface area contributed by atoms with Gasteiger partial charge in [-0.2, -0.15) is 0 Å². The van der Waals surface area contributed by atoms with Crippen LogP contribution < -0.4 is 5.73 Å². The molecule has 0 aromatic carbocycles. The van der Waals surface area contributed by atoms with Crippen LogP contribution in [-0.2, 0) is 9.53 Å². The molecule has 1 aliphatic heterocycles. The van der Waals surface area contributed by atoms with Crippen molar-refractivity contribution in [3.63, 3.8) is 0 Å². The van der Waals surface area contributed by atoms with Crippen LogP contribution in [0.25, 0.3) is 0 Å². The van der Waals surface area contributed by atoms with Crippen molar-refractivity contribution in [1.82, 2.24) is 4.90 Å². The van der Waals surface area contributed by atoms with Crippen molar-refractivity contribution >= 4 is 5.91 Å². The molecule has 0 aromatic rings. The van der Waals surface area contributed by atoms with E-state index in [4.69, 9.17) is 10.5 Å². The molecule has 2 N–H and O–H groups in total. The van der Waals surface area contributed by atoms with E-state index in [-0.39, 0.29) is 11.9 Å². The predicted molar refractivity (Wildman–Crippen MR) is 45.7 cm³/mol. The van der Waals surface area contributed by atoms with Crippen LogP contribution in [0, 0.1) is 0 Å². The van der Waals surface area contributed by atoms with Crippen molar-refractivity contribution in [2.45, 2.75) is 18.9 Å². The van der Waals surface area contributed by atoms with E-state index in [0.29, 0.717) is 13.0 Å². The molecule has 1 amide bonds. The highest BCUT2D eigenvalue weighted by Gasteiger charge is 2.26. The van der Waals surface area contributed by atoms with Crippen LogP contribution in [0.1, 0.15) is 12.8 Å². The van der Waals surface area contributed by atoms with E-state index in [0.717, 1.165) is 19.5 Å². The molecule has 12 heavy (non-hydrogen) atoms. The third kappa shape index (κ3) is 2.46. The molecular weight excluding hydrogens is 156 g/mol. The van der Waals surface area contributed by atoms with Gasteiger partial charge in [0.2, 0.25) is 5.91 Å². The Bertz CT molecular complexity index is 155. The molecule has 0 unspecified atom stereocenters. The number of carbonyl (C=O) groups excluding carboxylic acids is 1. The number of nitrogens with two attached hydrogens (primary N) is 1. The maximum Gasteiger partial charge on any atom is 0.222 e. The average molecular weight is 172 g/mol. The molecule has 0 saturated carbocycles. The van der Waals surface area contributed by atoms with Crippen molar-refractivity contribution in [3.05, 3.63) is 0 Å². The number of ether oxygens (including phenoxy) is 1. The van der Waals surface area contributed by atoms with Gasteiger partial charge < -0.3 is 15.4 Å². The molecule has 70 valence electrons. The Hall–Kier alpha value is -0.610. The number of amides is 1.